The minimum Gasteiger partial charge on any atom is -0.512 e. The summed E-state index contributed by atoms with van der Waals surface area (Å²) in [5.41, 5.74) is 7.35. The molecule has 301 valence electrons. The molecule has 1 radical (unpaired) electrons. The molecule has 0 aliphatic rings. The summed E-state index contributed by atoms with van der Waals surface area (Å²) in [6.45, 7) is 27.7. The number of furan rings is 1. The number of hydrogen-bond acceptors (Lipinski definition) is 5. The van der Waals surface area contributed by atoms with Crippen LogP contribution in [0.5, 0.6) is 0 Å². The number of hydrogen-bond donors (Lipinski definition) is 1. The van der Waals surface area contributed by atoms with Gasteiger partial charge in [0.1, 0.15) is 21.9 Å². The molecule has 1 N–H and O–H groups in total. The molecule has 4 nitrogen and oxygen atoms in total. The van der Waals surface area contributed by atoms with Crippen LogP contribution in [0, 0.1) is 36.7 Å². The van der Waals surface area contributed by atoms with Gasteiger partial charge in [-0.1, -0.05) is 124 Å². The van der Waals surface area contributed by atoms with E-state index in [4.69, 9.17) is 9.40 Å². The molecule has 0 unspecified atom stereocenters. The molecule has 0 atom stereocenters. The van der Waals surface area contributed by atoms with Crippen LogP contribution >= 0.6 is 11.3 Å². The molecule has 0 bridgehead atoms. The van der Waals surface area contributed by atoms with E-state index in [0.29, 0.717) is 5.92 Å². The van der Waals surface area contributed by atoms with Gasteiger partial charge in [0.25, 0.3) is 0 Å². The monoisotopic (exact) mass is 949 g/mol. The second kappa shape index (κ2) is 17.9. The van der Waals surface area contributed by atoms with Gasteiger partial charge in [-0.05, 0) is 80.5 Å². The SMILES string of the molecule is CCC(C)(CC)C(=O)/C=C(\O)C(C)(CC)CC.Cc1cc2c(-c3ccc4c(CC(C)C)c(C)oc4c3)cc(-c3[c-]c4ccccc4c(C(C)(C)C)c3)nc2s1.[Ir]. The van der Waals surface area contributed by atoms with Crippen molar-refractivity contribution in [2.75, 3.05) is 0 Å². The van der Waals surface area contributed by atoms with Crippen LogP contribution in [0.4, 0.5) is 0 Å². The first-order chi connectivity index (χ1) is 25.9. The van der Waals surface area contributed by atoms with Crippen molar-refractivity contribution in [3.63, 3.8) is 0 Å². The van der Waals surface area contributed by atoms with Crippen LogP contribution in [0.2, 0.25) is 0 Å². The first-order valence-electron chi connectivity index (χ1n) is 20.2. The largest absolute Gasteiger partial charge is 0.512 e. The van der Waals surface area contributed by atoms with E-state index in [1.165, 1.54) is 43.8 Å². The number of aliphatic hydroxyl groups is 1. The molecule has 6 heteroatoms. The van der Waals surface area contributed by atoms with Crippen LogP contribution < -0.4 is 0 Å². The van der Waals surface area contributed by atoms with Crippen molar-refractivity contribution in [3.05, 3.63) is 100 Å². The van der Waals surface area contributed by atoms with Crippen LogP contribution in [0.3, 0.4) is 0 Å². The summed E-state index contributed by atoms with van der Waals surface area (Å²) in [6, 6.07) is 25.7. The third kappa shape index (κ3) is 9.41. The average Bonchev–Trinajstić information content (AvgIpc) is 3.69. The van der Waals surface area contributed by atoms with Crippen molar-refractivity contribution in [2.45, 2.75) is 128 Å². The number of ketones is 1. The third-order valence-electron chi connectivity index (χ3n) is 12.0. The van der Waals surface area contributed by atoms with Crippen molar-refractivity contribution >= 4 is 49.1 Å². The number of aromatic nitrogens is 1. The molecule has 0 saturated heterocycles. The smallest absolute Gasteiger partial charge is 0.164 e. The number of rotatable bonds is 11. The Bertz CT molecular complexity index is 2340. The molecule has 0 aliphatic heterocycles. The molecule has 0 aliphatic carbocycles. The van der Waals surface area contributed by atoms with E-state index in [-0.39, 0.29) is 47.9 Å². The summed E-state index contributed by atoms with van der Waals surface area (Å²) >= 11 is 1.75. The average molecular weight is 949 g/mol. The van der Waals surface area contributed by atoms with Crippen molar-refractivity contribution < 1.29 is 34.4 Å². The van der Waals surface area contributed by atoms with Crippen LogP contribution in [0.15, 0.2) is 76.9 Å². The Morgan fingerprint density at radius 2 is 1.50 bits per heavy atom. The number of carbonyl (C=O) groups is 1. The van der Waals surface area contributed by atoms with Crippen LogP contribution in [0.25, 0.3) is 54.3 Å². The third-order valence-corrected chi connectivity index (χ3v) is 13.0. The van der Waals surface area contributed by atoms with Crippen LogP contribution in [0.1, 0.15) is 124 Å². The van der Waals surface area contributed by atoms with E-state index < -0.39 is 0 Å². The first kappa shape index (κ1) is 45.1. The van der Waals surface area contributed by atoms with Crippen LogP contribution in [-0.2, 0) is 36.7 Å². The summed E-state index contributed by atoms with van der Waals surface area (Å²) in [6.07, 6.45) is 5.78. The maximum atomic E-state index is 12.2. The summed E-state index contributed by atoms with van der Waals surface area (Å²) < 4.78 is 6.28. The standard InChI is InChI=1S/C35H34NOS.C15H28O2.Ir/c1-20(2)14-28-22(4)37-33-18-24(12-13-27(28)33)29-19-32(36-34-30(29)15-21(3)38-34)25-16-23-10-8-9-11-26(23)31(17-25)35(5,6)7;1-7-14(5,8-2)12(16)11-13(17)15(6,9-3)10-4;/h8-13,15,17-20H,14H2,1-7H3;11,16H,7-10H2,1-6H3;/q-1;;/b;12-11-;. The summed E-state index contributed by atoms with van der Waals surface area (Å²) in [7, 11) is 0. The molecule has 0 amide bonds. The molecule has 6 rings (SSSR count). The van der Waals surface area contributed by atoms with Gasteiger partial charge in [0.2, 0.25) is 0 Å². The number of aryl methyl sites for hydroxylation is 2. The first-order valence-corrected chi connectivity index (χ1v) is 21.0. The summed E-state index contributed by atoms with van der Waals surface area (Å²) in [4.78, 5) is 19.7. The van der Waals surface area contributed by atoms with E-state index in [9.17, 15) is 9.90 Å². The second-order valence-corrected chi connectivity index (χ2v) is 18.6. The zero-order chi connectivity index (χ0) is 40.5. The normalized spacial score (nSPS) is 12.6. The maximum Gasteiger partial charge on any atom is 0.164 e. The van der Waals surface area contributed by atoms with Gasteiger partial charge in [0.15, 0.2) is 5.78 Å². The number of allylic oxidation sites excluding steroid dienone is 2. The Labute approximate surface area is 353 Å². The fourth-order valence-electron chi connectivity index (χ4n) is 7.28. The number of fused-ring (bicyclic) bond motifs is 3. The van der Waals surface area contributed by atoms with E-state index in [0.717, 1.165) is 70.5 Å². The van der Waals surface area contributed by atoms with Gasteiger partial charge in [0.05, 0.1) is 0 Å². The quantitative estimate of drug-likeness (QED) is 0.0798. The molecule has 6 aromatic rings. The summed E-state index contributed by atoms with van der Waals surface area (Å²) in [5, 5.41) is 14.9. The Kier molecular flexibility index (Phi) is 14.4. The van der Waals surface area contributed by atoms with E-state index in [2.05, 4.69) is 115 Å². The summed E-state index contributed by atoms with van der Waals surface area (Å²) in [5.74, 6) is 1.90. The number of pyridine rings is 1. The van der Waals surface area contributed by atoms with E-state index in [1.54, 1.807) is 11.3 Å². The molecule has 3 aromatic heterocycles. The molecule has 0 spiro atoms. The second-order valence-electron chi connectivity index (χ2n) is 17.4. The van der Waals surface area contributed by atoms with Gasteiger partial charge in [-0.2, -0.15) is 0 Å². The van der Waals surface area contributed by atoms with Crippen molar-refractivity contribution in [1.82, 2.24) is 4.98 Å². The number of aliphatic hydroxyl groups excluding tert-OH is 1. The maximum absolute atomic E-state index is 12.2. The van der Waals surface area contributed by atoms with E-state index >= 15 is 0 Å². The van der Waals surface area contributed by atoms with E-state index in [1.807, 2.05) is 41.5 Å². The number of thiophene rings is 1. The molecule has 56 heavy (non-hydrogen) atoms. The molecule has 0 saturated carbocycles. The molecule has 3 heterocycles. The zero-order valence-electron chi connectivity index (χ0n) is 35.9. The topological polar surface area (TPSA) is 63.3 Å². The fourth-order valence-corrected chi connectivity index (χ4v) is 8.19. The Morgan fingerprint density at radius 1 is 0.857 bits per heavy atom. The predicted molar refractivity (Wildman–Crippen MR) is 236 cm³/mol. The number of carbonyl (C=O) groups excluding carboxylic acids is 1. The van der Waals surface area contributed by atoms with Crippen molar-refractivity contribution in [1.29, 1.82) is 0 Å². The minimum atomic E-state index is -0.337. The van der Waals surface area contributed by atoms with Gasteiger partial charge in [-0.3, -0.25) is 9.78 Å². The molecular weight excluding hydrogens is 887 g/mol. The zero-order valence-corrected chi connectivity index (χ0v) is 39.1. The molecular formula is C50H62IrNO3S-. The Balaban J connectivity index is 0.000000330. The van der Waals surface area contributed by atoms with Gasteiger partial charge in [0, 0.05) is 63.9 Å². The Hall–Kier alpha value is -3.57. The van der Waals surface area contributed by atoms with Gasteiger partial charge in [-0.15, -0.1) is 40.5 Å². The molecule has 0 fully saturated rings. The van der Waals surface area contributed by atoms with Crippen molar-refractivity contribution in [3.8, 4) is 22.4 Å². The van der Waals surface area contributed by atoms with Crippen molar-refractivity contribution in [2.24, 2.45) is 16.7 Å². The Morgan fingerprint density at radius 3 is 2.11 bits per heavy atom. The number of nitrogens with zero attached hydrogens (tertiary/aromatic N) is 1. The molecule has 3 aromatic carbocycles. The van der Waals surface area contributed by atoms with Gasteiger partial charge < -0.3 is 9.52 Å². The number of benzene rings is 3. The minimum absolute atomic E-state index is 0. The predicted octanol–water partition coefficient (Wildman–Crippen LogP) is 15.1. The fraction of sp³-hybridized carbons (Fsp3) is 0.440. The van der Waals surface area contributed by atoms with Gasteiger partial charge in [-0.25, -0.2) is 0 Å². The van der Waals surface area contributed by atoms with Gasteiger partial charge >= 0.3 is 0 Å². The van der Waals surface area contributed by atoms with Crippen LogP contribution in [-0.4, -0.2) is 15.9 Å².